The lowest BCUT2D eigenvalue weighted by molar-refractivity contribution is -0.332. The average molecular weight is 477 g/mol. The molecule has 2 aliphatic rings. The van der Waals surface area contributed by atoms with Crippen LogP contribution in [0.15, 0.2) is 42.5 Å². The van der Waals surface area contributed by atoms with Crippen molar-refractivity contribution in [2.75, 3.05) is 13.2 Å². The van der Waals surface area contributed by atoms with Crippen molar-refractivity contribution in [1.82, 2.24) is 0 Å². The molecule has 4 rings (SSSR count). The molecule has 2 aromatic carbocycles. The summed E-state index contributed by atoms with van der Waals surface area (Å²) in [7, 11) is 0. The molecule has 180 valence electrons. The Kier molecular flexibility index (Phi) is 7.34. The van der Waals surface area contributed by atoms with Crippen LogP contribution in [-0.4, -0.2) is 52.0 Å². The first-order valence-electron chi connectivity index (χ1n) is 11.6. The van der Waals surface area contributed by atoms with E-state index in [2.05, 4.69) is 6.92 Å². The summed E-state index contributed by atoms with van der Waals surface area (Å²) in [5.74, 6) is -1.20. The lowest BCUT2D eigenvalue weighted by atomic mass is 9.89. The largest absolute Gasteiger partial charge is 0.493 e. The standard InChI is InChI=1S/C26H33ClO6/c1-25(10-2-3-11-25)16-32-20-7-4-17(5-8-20)12-18-13-19(6-9-21(18)27)26(31)24(30)14-22(29)23(15-28)33-26/h4-9,13,22-24,28-31H,2-3,10-12,14-16H2,1H3/t22-,23+,24+,26?/m0/s1. The van der Waals surface area contributed by atoms with Gasteiger partial charge in [0, 0.05) is 22.4 Å². The fraction of sp³-hybridized carbons (Fsp3) is 0.538. The third-order valence-electron chi connectivity index (χ3n) is 7.03. The van der Waals surface area contributed by atoms with Crippen LogP contribution in [-0.2, 0) is 16.9 Å². The van der Waals surface area contributed by atoms with Gasteiger partial charge in [0.15, 0.2) is 0 Å². The number of hydrogen-bond donors (Lipinski definition) is 4. The number of ether oxygens (including phenoxy) is 2. The zero-order valence-corrected chi connectivity index (χ0v) is 19.7. The monoisotopic (exact) mass is 476 g/mol. The van der Waals surface area contributed by atoms with E-state index in [1.165, 1.54) is 25.7 Å². The molecule has 33 heavy (non-hydrogen) atoms. The normalized spacial score (nSPS) is 29.2. The second-order valence-corrected chi connectivity index (χ2v) is 10.2. The lowest BCUT2D eigenvalue weighted by Gasteiger charge is -2.43. The van der Waals surface area contributed by atoms with Crippen molar-refractivity contribution < 1.29 is 29.9 Å². The Labute approximate surface area is 199 Å². The maximum atomic E-state index is 11.1. The molecule has 1 saturated heterocycles. The molecule has 1 saturated carbocycles. The topological polar surface area (TPSA) is 99.4 Å². The third kappa shape index (κ3) is 5.37. The first kappa shape index (κ1) is 24.5. The highest BCUT2D eigenvalue weighted by atomic mass is 35.5. The Morgan fingerprint density at radius 3 is 2.45 bits per heavy atom. The van der Waals surface area contributed by atoms with Gasteiger partial charge in [-0.3, -0.25) is 0 Å². The van der Waals surface area contributed by atoms with Gasteiger partial charge < -0.3 is 29.9 Å². The Balaban J connectivity index is 1.47. The highest BCUT2D eigenvalue weighted by molar-refractivity contribution is 6.31. The van der Waals surface area contributed by atoms with E-state index in [4.69, 9.17) is 21.1 Å². The molecule has 4 N–H and O–H groups in total. The summed E-state index contributed by atoms with van der Waals surface area (Å²) in [5, 5.41) is 41.4. The second kappa shape index (κ2) is 9.90. The molecule has 0 bridgehead atoms. The van der Waals surface area contributed by atoms with E-state index in [1.54, 1.807) is 18.2 Å². The average Bonchev–Trinajstić information content (AvgIpc) is 3.24. The first-order chi connectivity index (χ1) is 15.7. The highest BCUT2D eigenvalue weighted by Gasteiger charge is 2.48. The van der Waals surface area contributed by atoms with E-state index in [-0.39, 0.29) is 11.8 Å². The second-order valence-electron chi connectivity index (χ2n) is 9.79. The number of benzene rings is 2. The van der Waals surface area contributed by atoms with Gasteiger partial charge in [-0.15, -0.1) is 0 Å². The Morgan fingerprint density at radius 1 is 1.09 bits per heavy atom. The molecule has 1 unspecified atom stereocenters. The molecule has 0 amide bonds. The van der Waals surface area contributed by atoms with Gasteiger partial charge in [0.1, 0.15) is 18.0 Å². The van der Waals surface area contributed by atoms with Gasteiger partial charge >= 0.3 is 0 Å². The van der Waals surface area contributed by atoms with E-state index in [9.17, 15) is 20.4 Å². The zero-order valence-electron chi connectivity index (χ0n) is 18.9. The van der Waals surface area contributed by atoms with Crippen molar-refractivity contribution in [3.05, 3.63) is 64.2 Å². The van der Waals surface area contributed by atoms with Crippen LogP contribution in [0.5, 0.6) is 5.75 Å². The van der Waals surface area contributed by atoms with Gasteiger partial charge in [-0.05, 0) is 54.7 Å². The number of aliphatic hydroxyl groups is 4. The molecule has 0 spiro atoms. The van der Waals surface area contributed by atoms with Gasteiger partial charge in [0.2, 0.25) is 5.79 Å². The predicted octanol–water partition coefficient (Wildman–Crippen LogP) is 3.54. The minimum Gasteiger partial charge on any atom is -0.493 e. The summed E-state index contributed by atoms with van der Waals surface area (Å²) in [4.78, 5) is 0. The van der Waals surface area contributed by atoms with Crippen LogP contribution in [0.25, 0.3) is 0 Å². The van der Waals surface area contributed by atoms with Crippen molar-refractivity contribution in [3.8, 4) is 5.75 Å². The van der Waals surface area contributed by atoms with Crippen molar-refractivity contribution >= 4 is 11.6 Å². The van der Waals surface area contributed by atoms with Crippen LogP contribution in [0.1, 0.15) is 55.7 Å². The molecule has 6 nitrogen and oxygen atoms in total. The Hall–Kier alpha value is -1.67. The summed E-state index contributed by atoms with van der Waals surface area (Å²) >= 11 is 6.43. The third-order valence-corrected chi connectivity index (χ3v) is 7.40. The molecule has 1 aliphatic heterocycles. The van der Waals surface area contributed by atoms with Crippen LogP contribution in [0.3, 0.4) is 0 Å². The van der Waals surface area contributed by atoms with Crippen LogP contribution in [0.2, 0.25) is 5.02 Å². The van der Waals surface area contributed by atoms with Crippen LogP contribution >= 0.6 is 11.6 Å². The van der Waals surface area contributed by atoms with Gasteiger partial charge in [-0.25, -0.2) is 0 Å². The maximum absolute atomic E-state index is 11.1. The maximum Gasteiger partial charge on any atom is 0.219 e. The zero-order chi connectivity index (χ0) is 23.6. The summed E-state index contributed by atoms with van der Waals surface area (Å²) in [5.41, 5.74) is 2.37. The van der Waals surface area contributed by atoms with E-state index in [1.807, 2.05) is 24.3 Å². The van der Waals surface area contributed by atoms with Crippen molar-refractivity contribution in [1.29, 1.82) is 0 Å². The first-order valence-corrected chi connectivity index (χ1v) is 12.0. The SMILES string of the molecule is CC1(COc2ccc(Cc3cc(C4(O)O[C@H](CO)[C@@H](O)C[C@H]4O)ccc3Cl)cc2)CCCC1. The number of rotatable bonds is 7. The fourth-order valence-electron chi connectivity index (χ4n) is 4.83. The minimum atomic E-state index is -2.04. The molecule has 0 radical (unpaired) electrons. The quantitative estimate of drug-likeness (QED) is 0.488. The van der Waals surface area contributed by atoms with Gasteiger partial charge in [0.05, 0.1) is 19.3 Å². The number of halogens is 1. The molecule has 4 atom stereocenters. The molecular formula is C26H33ClO6. The van der Waals surface area contributed by atoms with E-state index in [0.717, 1.165) is 23.5 Å². The molecule has 2 aromatic rings. The predicted molar refractivity (Wildman–Crippen MR) is 125 cm³/mol. The van der Waals surface area contributed by atoms with E-state index >= 15 is 0 Å². The number of aliphatic hydroxyl groups excluding tert-OH is 3. The lowest BCUT2D eigenvalue weighted by Crippen LogP contribution is -2.55. The minimum absolute atomic E-state index is 0.111. The van der Waals surface area contributed by atoms with Gasteiger partial charge in [0.25, 0.3) is 0 Å². The molecule has 1 aliphatic carbocycles. The van der Waals surface area contributed by atoms with E-state index in [0.29, 0.717) is 17.0 Å². The van der Waals surface area contributed by atoms with Gasteiger partial charge in [-0.2, -0.15) is 0 Å². The Bertz CT molecular complexity index is 942. The Morgan fingerprint density at radius 2 is 1.79 bits per heavy atom. The summed E-state index contributed by atoms with van der Waals surface area (Å²) in [6.07, 6.45) is 1.98. The summed E-state index contributed by atoms with van der Waals surface area (Å²) < 4.78 is 11.5. The molecule has 1 heterocycles. The fourth-order valence-corrected chi connectivity index (χ4v) is 5.02. The molecule has 0 aromatic heterocycles. The highest BCUT2D eigenvalue weighted by Crippen LogP contribution is 2.39. The van der Waals surface area contributed by atoms with Crippen molar-refractivity contribution in [2.24, 2.45) is 5.41 Å². The van der Waals surface area contributed by atoms with Crippen LogP contribution < -0.4 is 4.74 Å². The van der Waals surface area contributed by atoms with Crippen molar-refractivity contribution in [3.63, 3.8) is 0 Å². The summed E-state index contributed by atoms with van der Waals surface area (Å²) in [6, 6.07) is 12.8. The summed E-state index contributed by atoms with van der Waals surface area (Å²) in [6.45, 7) is 2.54. The smallest absolute Gasteiger partial charge is 0.219 e. The van der Waals surface area contributed by atoms with E-state index < -0.39 is 30.7 Å². The van der Waals surface area contributed by atoms with Crippen LogP contribution in [0.4, 0.5) is 0 Å². The van der Waals surface area contributed by atoms with Crippen molar-refractivity contribution in [2.45, 2.75) is 69.5 Å². The van der Waals surface area contributed by atoms with Crippen LogP contribution in [0, 0.1) is 5.41 Å². The number of hydrogen-bond acceptors (Lipinski definition) is 6. The molecule has 7 heteroatoms. The molecular weight excluding hydrogens is 444 g/mol. The molecule has 2 fully saturated rings. The van der Waals surface area contributed by atoms with Gasteiger partial charge in [-0.1, -0.05) is 49.6 Å².